The Kier molecular flexibility index (Phi) is 6.68. The number of benzene rings is 1. The molecule has 0 aliphatic carbocycles. The molecule has 144 valence electrons. The number of alkyl halides is 3. The average molecular weight is 394 g/mol. The van der Waals surface area contributed by atoms with E-state index in [2.05, 4.69) is 4.98 Å². The Hall–Kier alpha value is -1.61. The summed E-state index contributed by atoms with van der Waals surface area (Å²) in [6.07, 6.45) is -4.04. The van der Waals surface area contributed by atoms with Crippen molar-refractivity contribution in [3.63, 3.8) is 0 Å². The number of aromatic nitrogens is 2. The first kappa shape index (κ1) is 20.7. The molecule has 2 aromatic rings. The number of imidazole rings is 1. The molecule has 0 saturated heterocycles. The van der Waals surface area contributed by atoms with E-state index in [4.69, 9.17) is 5.11 Å². The molecule has 0 bridgehead atoms. The molecule has 1 aromatic heterocycles. The molecule has 2 rings (SSSR count). The lowest BCUT2D eigenvalue weighted by atomic mass is 10.1. The molecular formula is C17H19F5N2OS. The zero-order chi connectivity index (χ0) is 19.5. The predicted octanol–water partition coefficient (Wildman–Crippen LogP) is 4.92. The molecule has 0 saturated carbocycles. The zero-order valence-electron chi connectivity index (χ0n) is 14.3. The first-order valence-corrected chi connectivity index (χ1v) is 8.83. The number of nitrogens with zero attached hydrogens (tertiary/aromatic N) is 2. The Bertz CT molecular complexity index is 738. The van der Waals surface area contributed by atoms with Gasteiger partial charge in [0.1, 0.15) is 29.0 Å². The lowest BCUT2D eigenvalue weighted by Crippen LogP contribution is -2.20. The standard InChI is InChI=1S/C17H19F5N2OS/c1-10(2)15-16(26-13-7-11(18)6-12(19)8-13)24(9-17(20,21)22)14(23-15)4-3-5-25/h6-8,10,25H,3-5,9H2,1-2H3. The van der Waals surface area contributed by atoms with Gasteiger partial charge in [0.25, 0.3) is 0 Å². The number of aryl methyl sites for hydroxylation is 1. The molecule has 1 aromatic carbocycles. The van der Waals surface area contributed by atoms with Crippen molar-refractivity contribution < 1.29 is 27.1 Å². The summed E-state index contributed by atoms with van der Waals surface area (Å²) in [6, 6.07) is 2.83. The van der Waals surface area contributed by atoms with E-state index in [1.54, 1.807) is 13.8 Å². The van der Waals surface area contributed by atoms with E-state index < -0.39 is 24.4 Å². The summed E-state index contributed by atoms with van der Waals surface area (Å²) in [7, 11) is 0. The lowest BCUT2D eigenvalue weighted by Gasteiger charge is -2.15. The average Bonchev–Trinajstić information content (AvgIpc) is 2.80. The van der Waals surface area contributed by atoms with Crippen molar-refractivity contribution in [2.45, 2.75) is 55.2 Å². The van der Waals surface area contributed by atoms with Crippen molar-refractivity contribution in [2.75, 3.05) is 6.61 Å². The molecule has 0 aliphatic rings. The highest BCUT2D eigenvalue weighted by Gasteiger charge is 2.32. The maximum atomic E-state index is 13.4. The summed E-state index contributed by atoms with van der Waals surface area (Å²) in [5.41, 5.74) is 0.428. The minimum atomic E-state index is -4.48. The van der Waals surface area contributed by atoms with Crippen LogP contribution in [0, 0.1) is 11.6 Å². The molecule has 0 atom stereocenters. The molecule has 0 radical (unpaired) electrons. The van der Waals surface area contributed by atoms with E-state index in [0.29, 0.717) is 11.8 Å². The molecule has 0 spiro atoms. The van der Waals surface area contributed by atoms with Crippen LogP contribution in [-0.2, 0) is 13.0 Å². The molecule has 3 nitrogen and oxygen atoms in total. The van der Waals surface area contributed by atoms with Crippen LogP contribution >= 0.6 is 11.8 Å². The van der Waals surface area contributed by atoms with Gasteiger partial charge in [0, 0.05) is 24.0 Å². The van der Waals surface area contributed by atoms with Crippen LogP contribution in [0.2, 0.25) is 0 Å². The van der Waals surface area contributed by atoms with Crippen LogP contribution < -0.4 is 0 Å². The number of hydrogen-bond donors (Lipinski definition) is 1. The topological polar surface area (TPSA) is 38.1 Å². The predicted molar refractivity (Wildman–Crippen MR) is 88.3 cm³/mol. The van der Waals surface area contributed by atoms with E-state index in [1.807, 2.05) is 0 Å². The summed E-state index contributed by atoms with van der Waals surface area (Å²) < 4.78 is 67.1. The quantitative estimate of drug-likeness (QED) is 0.677. The van der Waals surface area contributed by atoms with Crippen LogP contribution in [0.15, 0.2) is 28.1 Å². The van der Waals surface area contributed by atoms with Gasteiger partial charge in [-0.05, 0) is 24.5 Å². The van der Waals surface area contributed by atoms with Gasteiger partial charge in [-0.15, -0.1) is 0 Å². The van der Waals surface area contributed by atoms with Crippen molar-refractivity contribution in [3.05, 3.63) is 41.4 Å². The summed E-state index contributed by atoms with van der Waals surface area (Å²) in [4.78, 5) is 4.47. The maximum Gasteiger partial charge on any atom is 0.406 e. The Morgan fingerprint density at radius 3 is 2.27 bits per heavy atom. The van der Waals surface area contributed by atoms with Crippen LogP contribution in [0.4, 0.5) is 22.0 Å². The second-order valence-electron chi connectivity index (χ2n) is 6.11. The van der Waals surface area contributed by atoms with Crippen LogP contribution in [-0.4, -0.2) is 27.4 Å². The molecular weight excluding hydrogens is 375 g/mol. The summed E-state index contributed by atoms with van der Waals surface area (Å²) in [6.45, 7) is 2.14. The molecule has 1 heterocycles. The highest BCUT2D eigenvalue weighted by Crippen LogP contribution is 2.37. The van der Waals surface area contributed by atoms with E-state index in [9.17, 15) is 22.0 Å². The number of aliphatic hydroxyl groups excluding tert-OH is 1. The second-order valence-corrected chi connectivity index (χ2v) is 7.17. The molecule has 0 fully saturated rings. The fourth-order valence-electron chi connectivity index (χ4n) is 2.46. The highest BCUT2D eigenvalue weighted by atomic mass is 32.2. The van der Waals surface area contributed by atoms with Crippen molar-refractivity contribution in [2.24, 2.45) is 0 Å². The Morgan fingerprint density at radius 2 is 1.77 bits per heavy atom. The summed E-state index contributed by atoms with van der Waals surface area (Å²) in [5, 5.41) is 9.19. The Balaban J connectivity index is 2.53. The second kappa shape index (κ2) is 8.39. The first-order valence-electron chi connectivity index (χ1n) is 8.01. The van der Waals surface area contributed by atoms with Crippen LogP contribution in [0.25, 0.3) is 0 Å². The van der Waals surface area contributed by atoms with Gasteiger partial charge in [-0.1, -0.05) is 25.6 Å². The summed E-state index contributed by atoms with van der Waals surface area (Å²) >= 11 is 0.850. The van der Waals surface area contributed by atoms with Gasteiger partial charge in [0.2, 0.25) is 0 Å². The van der Waals surface area contributed by atoms with Crippen LogP contribution in [0.1, 0.15) is 37.7 Å². The van der Waals surface area contributed by atoms with Crippen LogP contribution in [0.3, 0.4) is 0 Å². The van der Waals surface area contributed by atoms with Crippen molar-refractivity contribution in [1.82, 2.24) is 9.55 Å². The number of halogens is 5. The Morgan fingerprint density at radius 1 is 1.15 bits per heavy atom. The van der Waals surface area contributed by atoms with Crippen molar-refractivity contribution >= 4 is 11.8 Å². The van der Waals surface area contributed by atoms with E-state index >= 15 is 0 Å². The Labute approximate surface area is 152 Å². The van der Waals surface area contributed by atoms with Crippen molar-refractivity contribution in [1.29, 1.82) is 0 Å². The third-order valence-corrected chi connectivity index (χ3v) is 4.61. The third kappa shape index (κ3) is 5.44. The van der Waals surface area contributed by atoms with Gasteiger partial charge in [-0.3, -0.25) is 0 Å². The van der Waals surface area contributed by atoms with E-state index in [0.717, 1.165) is 28.5 Å². The van der Waals surface area contributed by atoms with Gasteiger partial charge < -0.3 is 9.67 Å². The summed E-state index contributed by atoms with van der Waals surface area (Å²) in [5.74, 6) is -1.60. The van der Waals surface area contributed by atoms with Crippen molar-refractivity contribution in [3.8, 4) is 0 Å². The van der Waals surface area contributed by atoms with E-state index in [-0.39, 0.29) is 41.1 Å². The zero-order valence-corrected chi connectivity index (χ0v) is 15.1. The normalized spacial score (nSPS) is 12.2. The smallest absolute Gasteiger partial charge is 0.396 e. The van der Waals surface area contributed by atoms with Gasteiger partial charge in [-0.25, -0.2) is 13.8 Å². The van der Waals surface area contributed by atoms with Crippen LogP contribution in [0.5, 0.6) is 0 Å². The lowest BCUT2D eigenvalue weighted by molar-refractivity contribution is -0.142. The fraction of sp³-hybridized carbons (Fsp3) is 0.471. The third-order valence-electron chi connectivity index (χ3n) is 3.52. The molecule has 26 heavy (non-hydrogen) atoms. The molecule has 0 aliphatic heterocycles. The van der Waals surface area contributed by atoms with E-state index in [1.165, 1.54) is 0 Å². The largest absolute Gasteiger partial charge is 0.406 e. The number of aliphatic hydroxyl groups is 1. The molecule has 0 unspecified atom stereocenters. The first-order chi connectivity index (χ1) is 12.1. The molecule has 1 N–H and O–H groups in total. The van der Waals surface area contributed by atoms with Gasteiger partial charge >= 0.3 is 6.18 Å². The monoisotopic (exact) mass is 394 g/mol. The molecule has 9 heteroatoms. The van der Waals surface area contributed by atoms with Gasteiger partial charge in [-0.2, -0.15) is 13.2 Å². The highest BCUT2D eigenvalue weighted by molar-refractivity contribution is 7.99. The minimum Gasteiger partial charge on any atom is -0.396 e. The SMILES string of the molecule is CC(C)c1nc(CCCO)n(CC(F)(F)F)c1Sc1cc(F)cc(F)c1. The fourth-order valence-corrected chi connectivity index (χ4v) is 3.69. The number of rotatable bonds is 7. The maximum absolute atomic E-state index is 13.4. The number of hydrogen-bond acceptors (Lipinski definition) is 3. The minimum absolute atomic E-state index is 0.154. The van der Waals surface area contributed by atoms with Gasteiger partial charge in [0.05, 0.1) is 5.69 Å². The molecule has 0 amide bonds. The van der Waals surface area contributed by atoms with Gasteiger partial charge in [0.15, 0.2) is 0 Å².